The Morgan fingerprint density at radius 2 is 2.14 bits per heavy atom. The number of alkyl halides is 1. The highest BCUT2D eigenvalue weighted by Crippen LogP contribution is 2.27. The van der Waals surface area contributed by atoms with Crippen LogP contribution in [0, 0.1) is 0 Å². The minimum Gasteiger partial charge on any atom is -0.497 e. The highest BCUT2D eigenvalue weighted by atomic mass is 35.5. The minimum absolute atomic E-state index is 0.130. The fraction of sp³-hybridized carbons (Fsp3) is 0.417. The van der Waals surface area contributed by atoms with Crippen LogP contribution in [0.2, 0.25) is 5.02 Å². The lowest BCUT2D eigenvalue weighted by molar-refractivity contribution is -0.143. The van der Waals surface area contributed by atoms with Crippen molar-refractivity contribution in [2.45, 2.75) is 23.8 Å². The summed E-state index contributed by atoms with van der Waals surface area (Å²) in [5, 5.41) is 8.95. The van der Waals surface area contributed by atoms with E-state index in [0.29, 0.717) is 5.75 Å². The van der Waals surface area contributed by atoms with E-state index in [2.05, 4.69) is 0 Å². The molecule has 21 heavy (non-hydrogen) atoms. The summed E-state index contributed by atoms with van der Waals surface area (Å²) < 4.78 is 43.8. The standard InChI is InChI=1S/C12H15ClFNO5S/c1-12(5-6-14,11(16)17)15-21(18,19)10-4-3-8(20-2)7-9(10)13/h3-4,7,15H,5-6H2,1-2H3,(H,16,17). The van der Waals surface area contributed by atoms with Gasteiger partial charge >= 0.3 is 5.97 Å². The summed E-state index contributed by atoms with van der Waals surface area (Å²) in [7, 11) is -2.84. The van der Waals surface area contributed by atoms with Crippen molar-refractivity contribution in [3.63, 3.8) is 0 Å². The minimum atomic E-state index is -4.23. The number of hydrogen-bond donors (Lipinski definition) is 2. The Morgan fingerprint density at radius 3 is 2.57 bits per heavy atom. The van der Waals surface area contributed by atoms with Crippen LogP contribution in [0.25, 0.3) is 0 Å². The Kier molecular flexibility index (Phi) is 5.54. The number of carboxylic acid groups (broad SMARTS) is 1. The second-order valence-electron chi connectivity index (χ2n) is 4.48. The Bertz CT molecular complexity index is 637. The van der Waals surface area contributed by atoms with Crippen molar-refractivity contribution < 1.29 is 27.4 Å². The molecule has 0 aliphatic heterocycles. The predicted octanol–water partition coefficient (Wildman–Crippen LogP) is 1.83. The van der Waals surface area contributed by atoms with Crippen molar-refractivity contribution in [3.05, 3.63) is 23.2 Å². The number of aliphatic carboxylic acids is 1. The normalized spacial score (nSPS) is 14.5. The van der Waals surface area contributed by atoms with E-state index in [-0.39, 0.29) is 9.92 Å². The van der Waals surface area contributed by atoms with E-state index in [1.165, 1.54) is 25.3 Å². The Labute approximate surface area is 126 Å². The molecule has 1 atom stereocenters. The van der Waals surface area contributed by atoms with Crippen LogP contribution in [0.15, 0.2) is 23.1 Å². The van der Waals surface area contributed by atoms with Crippen molar-refractivity contribution in [1.82, 2.24) is 4.72 Å². The smallest absolute Gasteiger partial charge is 0.324 e. The number of halogens is 2. The van der Waals surface area contributed by atoms with Crippen LogP contribution < -0.4 is 9.46 Å². The molecular formula is C12H15ClFNO5S. The quantitative estimate of drug-likeness (QED) is 0.790. The number of rotatable bonds is 7. The maximum Gasteiger partial charge on any atom is 0.324 e. The lowest BCUT2D eigenvalue weighted by atomic mass is 10.0. The molecular weight excluding hydrogens is 325 g/mol. The Balaban J connectivity index is 3.19. The number of benzene rings is 1. The number of ether oxygens (including phenoxy) is 1. The number of sulfonamides is 1. The second kappa shape index (κ2) is 6.59. The first-order valence-electron chi connectivity index (χ1n) is 5.83. The van der Waals surface area contributed by atoms with Gasteiger partial charge in [0.25, 0.3) is 0 Å². The average molecular weight is 340 g/mol. The number of carbonyl (C=O) groups is 1. The monoisotopic (exact) mass is 339 g/mol. The molecule has 0 saturated carbocycles. The average Bonchev–Trinajstić information content (AvgIpc) is 2.37. The Morgan fingerprint density at radius 1 is 1.52 bits per heavy atom. The third kappa shape index (κ3) is 4.05. The topological polar surface area (TPSA) is 92.7 Å². The fourth-order valence-corrected chi connectivity index (χ4v) is 3.50. The van der Waals surface area contributed by atoms with Crippen LogP contribution >= 0.6 is 11.6 Å². The van der Waals surface area contributed by atoms with Gasteiger partial charge in [-0.05, 0) is 19.1 Å². The zero-order chi connectivity index (χ0) is 16.3. The number of carboxylic acids is 1. The first kappa shape index (κ1) is 17.7. The molecule has 6 nitrogen and oxygen atoms in total. The maximum atomic E-state index is 12.5. The molecule has 0 fully saturated rings. The van der Waals surface area contributed by atoms with E-state index < -0.39 is 34.6 Å². The van der Waals surface area contributed by atoms with E-state index in [4.69, 9.17) is 21.4 Å². The largest absolute Gasteiger partial charge is 0.497 e. The van der Waals surface area contributed by atoms with Crippen molar-refractivity contribution in [2.75, 3.05) is 13.8 Å². The van der Waals surface area contributed by atoms with Gasteiger partial charge in [0.2, 0.25) is 10.0 Å². The molecule has 1 aromatic rings. The van der Waals surface area contributed by atoms with Gasteiger partial charge in [-0.1, -0.05) is 11.6 Å². The number of methoxy groups -OCH3 is 1. The van der Waals surface area contributed by atoms with Crippen LogP contribution in [0.1, 0.15) is 13.3 Å². The van der Waals surface area contributed by atoms with Crippen LogP contribution in [0.3, 0.4) is 0 Å². The summed E-state index contributed by atoms with van der Waals surface area (Å²) in [5.41, 5.74) is -1.96. The van der Waals surface area contributed by atoms with Crippen molar-refractivity contribution in [1.29, 1.82) is 0 Å². The van der Waals surface area contributed by atoms with E-state index in [1.54, 1.807) is 0 Å². The van der Waals surface area contributed by atoms with Crippen molar-refractivity contribution in [3.8, 4) is 5.75 Å². The van der Waals surface area contributed by atoms with Gasteiger partial charge in [0.1, 0.15) is 16.2 Å². The van der Waals surface area contributed by atoms with Gasteiger partial charge in [0, 0.05) is 12.5 Å². The molecule has 0 amide bonds. The highest BCUT2D eigenvalue weighted by Gasteiger charge is 2.38. The van der Waals surface area contributed by atoms with Gasteiger partial charge in [-0.15, -0.1) is 0 Å². The molecule has 0 aromatic heterocycles. The molecule has 0 aliphatic rings. The summed E-state index contributed by atoms with van der Waals surface area (Å²) >= 11 is 5.86. The molecule has 1 rings (SSSR count). The maximum absolute atomic E-state index is 12.5. The molecule has 0 bridgehead atoms. The van der Waals surface area contributed by atoms with Gasteiger partial charge in [-0.2, -0.15) is 4.72 Å². The highest BCUT2D eigenvalue weighted by molar-refractivity contribution is 7.89. The SMILES string of the molecule is COc1ccc(S(=O)(=O)NC(C)(CCF)C(=O)O)c(Cl)c1. The van der Waals surface area contributed by atoms with Crippen LogP contribution in [0.5, 0.6) is 5.75 Å². The molecule has 0 heterocycles. The summed E-state index contributed by atoms with van der Waals surface area (Å²) in [5.74, 6) is -1.13. The zero-order valence-corrected chi connectivity index (χ0v) is 13.0. The third-order valence-electron chi connectivity index (χ3n) is 2.85. The van der Waals surface area contributed by atoms with Gasteiger partial charge in [0.05, 0.1) is 18.8 Å². The first-order chi connectivity index (χ1) is 9.66. The number of hydrogen-bond acceptors (Lipinski definition) is 4. The molecule has 1 unspecified atom stereocenters. The first-order valence-corrected chi connectivity index (χ1v) is 7.69. The van der Waals surface area contributed by atoms with Gasteiger partial charge in [-0.3, -0.25) is 9.18 Å². The van der Waals surface area contributed by atoms with Crippen LogP contribution in [-0.4, -0.2) is 38.8 Å². The third-order valence-corrected chi connectivity index (χ3v) is 4.93. The molecule has 0 spiro atoms. The lowest BCUT2D eigenvalue weighted by Crippen LogP contribution is -2.52. The summed E-state index contributed by atoms with van der Waals surface area (Å²) in [6.45, 7) is 0.103. The lowest BCUT2D eigenvalue weighted by Gasteiger charge is -2.25. The Hall–Kier alpha value is -1.38. The molecule has 1 aromatic carbocycles. The zero-order valence-electron chi connectivity index (χ0n) is 11.4. The molecule has 0 radical (unpaired) electrons. The second-order valence-corrected chi connectivity index (χ2v) is 6.54. The van der Waals surface area contributed by atoms with Crippen molar-refractivity contribution in [2.24, 2.45) is 0 Å². The molecule has 0 saturated heterocycles. The van der Waals surface area contributed by atoms with E-state index in [0.717, 1.165) is 6.92 Å². The predicted molar refractivity (Wildman–Crippen MR) is 75.0 cm³/mol. The van der Waals surface area contributed by atoms with E-state index in [1.807, 2.05) is 4.72 Å². The van der Waals surface area contributed by atoms with Gasteiger partial charge < -0.3 is 9.84 Å². The van der Waals surface area contributed by atoms with E-state index >= 15 is 0 Å². The fourth-order valence-electron chi connectivity index (χ4n) is 1.57. The summed E-state index contributed by atoms with van der Waals surface area (Å²) in [6, 6.07) is 3.83. The van der Waals surface area contributed by atoms with Gasteiger partial charge in [0.15, 0.2) is 0 Å². The van der Waals surface area contributed by atoms with Gasteiger partial charge in [-0.25, -0.2) is 8.42 Å². The molecule has 0 aliphatic carbocycles. The van der Waals surface area contributed by atoms with Crippen molar-refractivity contribution >= 4 is 27.6 Å². The van der Waals surface area contributed by atoms with Crippen LogP contribution in [0.4, 0.5) is 4.39 Å². The number of nitrogens with one attached hydrogen (secondary N) is 1. The molecule has 2 N–H and O–H groups in total. The molecule has 9 heteroatoms. The molecule has 118 valence electrons. The summed E-state index contributed by atoms with van der Waals surface area (Å²) in [6.07, 6.45) is -0.505. The summed E-state index contributed by atoms with van der Waals surface area (Å²) in [4.78, 5) is 10.8. The van der Waals surface area contributed by atoms with E-state index in [9.17, 15) is 17.6 Å². The van der Waals surface area contributed by atoms with Crippen LogP contribution in [-0.2, 0) is 14.8 Å².